The second kappa shape index (κ2) is 7.91. The number of Topliss-reactive ketones (excluding diaryl/α,β-unsaturated/α-hetero) is 1. The highest BCUT2D eigenvalue weighted by Crippen LogP contribution is 2.53. The molecule has 0 bridgehead atoms. The van der Waals surface area contributed by atoms with Crippen molar-refractivity contribution < 1.29 is 19.1 Å². The van der Waals surface area contributed by atoms with Gasteiger partial charge in [0.2, 0.25) is 11.8 Å². The number of fused-ring (bicyclic) bond motifs is 5. The van der Waals surface area contributed by atoms with Gasteiger partial charge in [-0.15, -0.1) is 0 Å². The van der Waals surface area contributed by atoms with E-state index in [9.17, 15) is 14.4 Å². The van der Waals surface area contributed by atoms with Crippen LogP contribution in [0, 0.1) is 18.8 Å². The number of benzene rings is 3. The molecule has 2 saturated heterocycles. The molecule has 6 rings (SSSR count). The van der Waals surface area contributed by atoms with Gasteiger partial charge in [-0.3, -0.25) is 19.4 Å². The number of carbonyl (C=O) groups excluding carboxylic acids is 3. The first kappa shape index (κ1) is 21.3. The summed E-state index contributed by atoms with van der Waals surface area (Å²) in [7, 11) is 1.56. The minimum absolute atomic E-state index is 0.242. The molecule has 35 heavy (non-hydrogen) atoms. The van der Waals surface area contributed by atoms with Crippen molar-refractivity contribution in [3.8, 4) is 5.75 Å². The molecule has 0 N–H and O–H groups in total. The minimum Gasteiger partial charge on any atom is -0.497 e. The number of imide groups is 1. The van der Waals surface area contributed by atoms with Gasteiger partial charge in [0.1, 0.15) is 11.8 Å². The lowest BCUT2D eigenvalue weighted by Gasteiger charge is -2.33. The lowest BCUT2D eigenvalue weighted by atomic mass is 9.83. The Labute approximate surface area is 202 Å². The monoisotopic (exact) mass is 465 g/mol. The lowest BCUT2D eigenvalue weighted by Crippen LogP contribution is -2.44. The fourth-order valence-corrected chi connectivity index (χ4v) is 5.54. The van der Waals surface area contributed by atoms with E-state index in [1.54, 1.807) is 54.7 Å². The van der Waals surface area contributed by atoms with E-state index in [1.165, 1.54) is 4.90 Å². The number of rotatable bonds is 4. The summed E-state index contributed by atoms with van der Waals surface area (Å²) in [5.41, 5.74) is 3.78. The standard InChI is InChI=1S/C28H23N3O4/c1-16-7-11-19(12-8-16)30-27(33)22-23(28(30)34)25(26(32)17-9-13-20(35-2)14-10-17)31-24(22)21-6-4-3-5-18(21)15-29-31/h3-15,22-25H,1-2H3. The van der Waals surface area contributed by atoms with Crippen LogP contribution in [0.4, 0.5) is 5.69 Å². The molecule has 3 aliphatic heterocycles. The number of carbonyl (C=O) groups is 3. The fourth-order valence-electron chi connectivity index (χ4n) is 5.54. The second-order valence-electron chi connectivity index (χ2n) is 9.13. The number of methoxy groups -OCH3 is 1. The molecule has 3 heterocycles. The van der Waals surface area contributed by atoms with Gasteiger partial charge in [-0.1, -0.05) is 42.0 Å². The van der Waals surface area contributed by atoms with E-state index in [4.69, 9.17) is 4.74 Å². The predicted molar refractivity (Wildman–Crippen MR) is 130 cm³/mol. The molecule has 0 radical (unpaired) electrons. The van der Waals surface area contributed by atoms with E-state index in [2.05, 4.69) is 5.10 Å². The van der Waals surface area contributed by atoms with E-state index in [0.29, 0.717) is 17.0 Å². The van der Waals surface area contributed by atoms with Crippen LogP contribution in [-0.2, 0) is 9.59 Å². The van der Waals surface area contributed by atoms with Crippen LogP contribution in [-0.4, -0.2) is 42.0 Å². The molecule has 3 aliphatic rings. The van der Waals surface area contributed by atoms with Crippen molar-refractivity contribution in [1.29, 1.82) is 0 Å². The quantitative estimate of drug-likeness (QED) is 0.433. The molecule has 3 aromatic carbocycles. The van der Waals surface area contributed by atoms with E-state index >= 15 is 0 Å². The van der Waals surface area contributed by atoms with Gasteiger partial charge in [0.25, 0.3) is 0 Å². The third-order valence-corrected chi connectivity index (χ3v) is 7.23. The predicted octanol–water partition coefficient (Wildman–Crippen LogP) is 3.77. The Morgan fingerprint density at radius 2 is 1.57 bits per heavy atom. The molecular formula is C28H23N3O4. The zero-order chi connectivity index (χ0) is 24.3. The smallest absolute Gasteiger partial charge is 0.240 e. The van der Waals surface area contributed by atoms with E-state index in [0.717, 1.165) is 16.7 Å². The fraction of sp³-hybridized carbons (Fsp3) is 0.214. The number of aryl methyl sites for hydroxylation is 1. The summed E-state index contributed by atoms with van der Waals surface area (Å²) in [5, 5.41) is 6.27. The number of ketones is 1. The Kier molecular flexibility index (Phi) is 4.81. The summed E-state index contributed by atoms with van der Waals surface area (Å²) in [6, 6.07) is 20.4. The number of hydrazone groups is 1. The van der Waals surface area contributed by atoms with Crippen molar-refractivity contribution in [2.75, 3.05) is 12.0 Å². The van der Waals surface area contributed by atoms with Crippen molar-refractivity contribution in [2.24, 2.45) is 16.9 Å². The SMILES string of the molecule is COc1ccc(C(=O)C2C3C(=O)N(c4ccc(C)cc4)C(=O)C3C3c4ccccc4C=NN23)cc1. The summed E-state index contributed by atoms with van der Waals surface area (Å²) in [6.07, 6.45) is 1.70. The highest BCUT2D eigenvalue weighted by atomic mass is 16.5. The van der Waals surface area contributed by atoms with Gasteiger partial charge >= 0.3 is 0 Å². The highest BCUT2D eigenvalue weighted by molar-refractivity contribution is 6.24. The van der Waals surface area contributed by atoms with Crippen LogP contribution in [0.5, 0.6) is 5.75 Å². The van der Waals surface area contributed by atoms with Gasteiger partial charge in [-0.05, 0) is 54.4 Å². The van der Waals surface area contributed by atoms with Crippen LogP contribution in [0.2, 0.25) is 0 Å². The Bertz CT molecular complexity index is 1380. The average Bonchev–Trinajstić information content (AvgIpc) is 3.37. The number of amides is 2. The summed E-state index contributed by atoms with van der Waals surface area (Å²) in [5.74, 6) is -1.82. The summed E-state index contributed by atoms with van der Waals surface area (Å²) < 4.78 is 5.22. The van der Waals surface area contributed by atoms with Gasteiger partial charge in [-0.25, -0.2) is 4.90 Å². The Balaban J connectivity index is 1.47. The lowest BCUT2D eigenvalue weighted by molar-refractivity contribution is -0.124. The summed E-state index contributed by atoms with van der Waals surface area (Å²) in [4.78, 5) is 42.8. The van der Waals surface area contributed by atoms with E-state index < -0.39 is 23.9 Å². The molecule has 0 aliphatic carbocycles. The maximum Gasteiger partial charge on any atom is 0.240 e. The van der Waals surface area contributed by atoms with Crippen LogP contribution in [0.25, 0.3) is 0 Å². The molecule has 3 aromatic rings. The van der Waals surface area contributed by atoms with Crippen molar-refractivity contribution in [2.45, 2.75) is 19.0 Å². The molecule has 2 fully saturated rings. The third-order valence-electron chi connectivity index (χ3n) is 7.23. The number of ether oxygens (including phenoxy) is 1. The number of hydrogen-bond acceptors (Lipinski definition) is 6. The number of anilines is 1. The molecule has 4 unspecified atom stereocenters. The zero-order valence-corrected chi connectivity index (χ0v) is 19.3. The zero-order valence-electron chi connectivity index (χ0n) is 19.3. The van der Waals surface area contributed by atoms with Gasteiger partial charge in [0, 0.05) is 5.56 Å². The molecule has 0 saturated carbocycles. The normalized spacial score (nSPS) is 24.3. The van der Waals surface area contributed by atoms with Crippen molar-refractivity contribution in [3.05, 3.63) is 95.1 Å². The number of nitrogens with zero attached hydrogens (tertiary/aromatic N) is 3. The van der Waals surface area contributed by atoms with Crippen LogP contribution < -0.4 is 9.64 Å². The highest BCUT2D eigenvalue weighted by Gasteiger charge is 2.65. The molecular weight excluding hydrogens is 442 g/mol. The maximum atomic E-state index is 13.9. The first-order valence-electron chi connectivity index (χ1n) is 11.5. The van der Waals surface area contributed by atoms with Crippen molar-refractivity contribution in [1.82, 2.24) is 5.01 Å². The first-order valence-corrected chi connectivity index (χ1v) is 11.5. The van der Waals surface area contributed by atoms with Gasteiger partial charge in [-0.2, -0.15) is 5.10 Å². The molecule has 4 atom stereocenters. The summed E-state index contributed by atoms with van der Waals surface area (Å²) in [6.45, 7) is 1.95. The second-order valence-corrected chi connectivity index (χ2v) is 9.13. The largest absolute Gasteiger partial charge is 0.497 e. The molecule has 2 amide bonds. The van der Waals surface area contributed by atoms with Crippen LogP contribution in [0.3, 0.4) is 0 Å². The molecule has 7 heteroatoms. The Morgan fingerprint density at radius 3 is 2.29 bits per heavy atom. The first-order chi connectivity index (χ1) is 17.0. The minimum atomic E-state index is -0.894. The third kappa shape index (κ3) is 3.11. The number of hydrogen-bond donors (Lipinski definition) is 0. The van der Waals surface area contributed by atoms with Gasteiger partial charge in [0.05, 0.1) is 36.9 Å². The Morgan fingerprint density at radius 1 is 0.886 bits per heavy atom. The molecule has 174 valence electrons. The van der Waals surface area contributed by atoms with E-state index in [1.807, 2.05) is 43.3 Å². The van der Waals surface area contributed by atoms with Gasteiger partial charge in [0.15, 0.2) is 5.78 Å². The average molecular weight is 466 g/mol. The molecule has 0 spiro atoms. The van der Waals surface area contributed by atoms with Crippen LogP contribution >= 0.6 is 0 Å². The molecule has 7 nitrogen and oxygen atoms in total. The summed E-state index contributed by atoms with van der Waals surface area (Å²) >= 11 is 0. The van der Waals surface area contributed by atoms with E-state index in [-0.39, 0.29) is 17.6 Å². The van der Waals surface area contributed by atoms with Crippen LogP contribution in [0.1, 0.15) is 33.1 Å². The van der Waals surface area contributed by atoms with Crippen LogP contribution in [0.15, 0.2) is 77.9 Å². The Hall–Kier alpha value is -4.26. The molecule has 0 aromatic heterocycles. The topological polar surface area (TPSA) is 79.3 Å². The van der Waals surface area contributed by atoms with Gasteiger partial charge < -0.3 is 4.74 Å². The maximum absolute atomic E-state index is 13.9. The van der Waals surface area contributed by atoms with Crippen molar-refractivity contribution in [3.63, 3.8) is 0 Å². The van der Waals surface area contributed by atoms with Crippen molar-refractivity contribution >= 4 is 29.5 Å².